The van der Waals surface area contributed by atoms with Gasteiger partial charge in [-0.1, -0.05) is 61.5 Å². The fourth-order valence-corrected chi connectivity index (χ4v) is 1.00. The molecule has 0 aromatic heterocycles. The molecule has 0 aliphatic rings. The van der Waals surface area contributed by atoms with Crippen LogP contribution in [0.2, 0.25) is 0 Å². The molecule has 0 saturated heterocycles. The first-order valence-corrected chi connectivity index (χ1v) is 4.68. The molecule has 0 radical (unpaired) electrons. The third kappa shape index (κ3) is 4.65. The van der Waals surface area contributed by atoms with Crippen LogP contribution in [0.15, 0.2) is 0 Å². The zero-order chi connectivity index (χ0) is 8.20. The molecule has 0 spiro atoms. The monoisotopic (exact) mass is 202 g/mol. The minimum atomic E-state index is -1.07. The molecule has 0 bridgehead atoms. The number of halogens is 3. The standard InChI is InChI=1S/C7H13Cl3/c1-3-4-5-6(2)7(8,9)10/h6H,3-5H2,1-2H3. The Kier molecular flexibility index (Phi) is 5.10. The summed E-state index contributed by atoms with van der Waals surface area (Å²) in [7, 11) is 0. The molecule has 62 valence electrons. The Labute approximate surface area is 77.8 Å². The Balaban J connectivity index is 3.52. The van der Waals surface area contributed by atoms with Gasteiger partial charge in [-0.15, -0.1) is 0 Å². The van der Waals surface area contributed by atoms with E-state index in [0.29, 0.717) is 0 Å². The zero-order valence-corrected chi connectivity index (χ0v) is 8.60. The molecule has 0 nitrogen and oxygen atoms in total. The summed E-state index contributed by atoms with van der Waals surface area (Å²) in [5.74, 6) is 0.164. The van der Waals surface area contributed by atoms with Crippen molar-refractivity contribution in [2.45, 2.75) is 36.9 Å². The normalized spacial score (nSPS) is 15.3. The van der Waals surface area contributed by atoms with Gasteiger partial charge in [-0.25, -0.2) is 0 Å². The van der Waals surface area contributed by atoms with Crippen LogP contribution in [0.3, 0.4) is 0 Å². The molecule has 0 fully saturated rings. The van der Waals surface area contributed by atoms with Crippen LogP contribution in [-0.4, -0.2) is 3.79 Å². The third-order valence-electron chi connectivity index (χ3n) is 1.55. The fraction of sp³-hybridized carbons (Fsp3) is 1.00. The second-order valence-corrected chi connectivity index (χ2v) is 4.95. The van der Waals surface area contributed by atoms with E-state index in [1.54, 1.807) is 0 Å². The van der Waals surface area contributed by atoms with Gasteiger partial charge in [0.15, 0.2) is 3.79 Å². The molecule has 0 aliphatic heterocycles. The van der Waals surface area contributed by atoms with Crippen molar-refractivity contribution in [2.24, 2.45) is 5.92 Å². The third-order valence-corrected chi connectivity index (χ3v) is 2.67. The number of hydrogen-bond donors (Lipinski definition) is 0. The first-order valence-electron chi connectivity index (χ1n) is 3.55. The summed E-state index contributed by atoms with van der Waals surface area (Å²) < 4.78 is -1.07. The second kappa shape index (κ2) is 4.69. The highest BCUT2D eigenvalue weighted by Gasteiger charge is 2.27. The van der Waals surface area contributed by atoms with Crippen LogP contribution in [0.4, 0.5) is 0 Å². The van der Waals surface area contributed by atoms with Crippen LogP contribution >= 0.6 is 34.8 Å². The molecule has 0 saturated carbocycles. The highest BCUT2D eigenvalue weighted by Crippen LogP contribution is 2.37. The van der Waals surface area contributed by atoms with E-state index < -0.39 is 3.79 Å². The molecule has 0 aromatic rings. The van der Waals surface area contributed by atoms with E-state index in [1.165, 1.54) is 0 Å². The molecule has 1 unspecified atom stereocenters. The van der Waals surface area contributed by atoms with Gasteiger partial charge in [-0.2, -0.15) is 0 Å². The van der Waals surface area contributed by atoms with Crippen molar-refractivity contribution < 1.29 is 0 Å². The summed E-state index contributed by atoms with van der Waals surface area (Å²) >= 11 is 17.0. The topological polar surface area (TPSA) is 0 Å². The minimum Gasteiger partial charge on any atom is -0.0834 e. The van der Waals surface area contributed by atoms with Gasteiger partial charge in [0.2, 0.25) is 0 Å². The molecule has 3 heteroatoms. The molecule has 10 heavy (non-hydrogen) atoms. The summed E-state index contributed by atoms with van der Waals surface area (Å²) in [6.07, 6.45) is 3.28. The lowest BCUT2D eigenvalue weighted by molar-refractivity contribution is 0.515. The lowest BCUT2D eigenvalue weighted by Gasteiger charge is -2.19. The number of unbranched alkanes of at least 4 members (excludes halogenated alkanes) is 1. The van der Waals surface area contributed by atoms with Crippen molar-refractivity contribution >= 4 is 34.8 Å². The summed E-state index contributed by atoms with van der Waals surface area (Å²) in [5.41, 5.74) is 0. The van der Waals surface area contributed by atoms with Crippen molar-refractivity contribution in [1.82, 2.24) is 0 Å². The summed E-state index contributed by atoms with van der Waals surface area (Å²) in [6, 6.07) is 0. The Bertz CT molecular complexity index is 85.3. The quantitative estimate of drug-likeness (QED) is 0.604. The smallest absolute Gasteiger partial charge is 0.0834 e. The predicted octanol–water partition coefficient (Wildman–Crippen LogP) is 4.18. The van der Waals surface area contributed by atoms with Gasteiger partial charge in [0, 0.05) is 5.92 Å². The maximum atomic E-state index is 5.65. The Morgan fingerprint density at radius 2 is 1.80 bits per heavy atom. The average Bonchev–Trinajstić information content (AvgIpc) is 1.80. The molecule has 0 rings (SSSR count). The largest absolute Gasteiger partial charge is 0.193 e. The highest BCUT2D eigenvalue weighted by molar-refractivity contribution is 6.67. The SMILES string of the molecule is CCCCC(C)C(Cl)(Cl)Cl. The highest BCUT2D eigenvalue weighted by atomic mass is 35.6. The zero-order valence-electron chi connectivity index (χ0n) is 6.33. The van der Waals surface area contributed by atoms with E-state index in [4.69, 9.17) is 34.8 Å². The van der Waals surface area contributed by atoms with E-state index >= 15 is 0 Å². The minimum absolute atomic E-state index is 0.164. The van der Waals surface area contributed by atoms with E-state index in [2.05, 4.69) is 6.92 Å². The number of rotatable bonds is 3. The van der Waals surface area contributed by atoms with Gasteiger partial charge in [0.1, 0.15) is 0 Å². The molecule has 0 heterocycles. The molecular formula is C7H13Cl3. The van der Waals surface area contributed by atoms with Gasteiger partial charge in [0.05, 0.1) is 0 Å². The summed E-state index contributed by atoms with van der Waals surface area (Å²) in [4.78, 5) is 0. The van der Waals surface area contributed by atoms with Crippen molar-refractivity contribution in [3.8, 4) is 0 Å². The molecule has 0 aliphatic carbocycles. The van der Waals surface area contributed by atoms with Crippen LogP contribution in [0.5, 0.6) is 0 Å². The maximum Gasteiger partial charge on any atom is 0.193 e. The number of hydrogen-bond acceptors (Lipinski definition) is 0. The molecule has 1 atom stereocenters. The van der Waals surface area contributed by atoms with E-state index in [-0.39, 0.29) is 5.92 Å². The van der Waals surface area contributed by atoms with Crippen molar-refractivity contribution in [2.75, 3.05) is 0 Å². The Morgan fingerprint density at radius 3 is 2.10 bits per heavy atom. The predicted molar refractivity (Wildman–Crippen MR) is 49.0 cm³/mol. The molecule has 0 amide bonds. The Morgan fingerprint density at radius 1 is 1.30 bits per heavy atom. The molecular weight excluding hydrogens is 190 g/mol. The Hall–Kier alpha value is 0.870. The van der Waals surface area contributed by atoms with E-state index in [9.17, 15) is 0 Å². The van der Waals surface area contributed by atoms with Crippen molar-refractivity contribution in [3.63, 3.8) is 0 Å². The van der Waals surface area contributed by atoms with Gasteiger partial charge >= 0.3 is 0 Å². The van der Waals surface area contributed by atoms with Crippen molar-refractivity contribution in [1.29, 1.82) is 0 Å². The average molecular weight is 204 g/mol. The van der Waals surface area contributed by atoms with Gasteiger partial charge in [-0.3, -0.25) is 0 Å². The maximum absolute atomic E-state index is 5.65. The van der Waals surface area contributed by atoms with Crippen LogP contribution in [0.1, 0.15) is 33.1 Å². The fourth-order valence-electron chi connectivity index (χ4n) is 0.674. The van der Waals surface area contributed by atoms with Gasteiger partial charge < -0.3 is 0 Å². The summed E-state index contributed by atoms with van der Waals surface area (Å²) in [5, 5.41) is 0. The molecule has 0 N–H and O–H groups in total. The van der Waals surface area contributed by atoms with Crippen LogP contribution in [0.25, 0.3) is 0 Å². The van der Waals surface area contributed by atoms with Gasteiger partial charge in [0.25, 0.3) is 0 Å². The summed E-state index contributed by atoms with van der Waals surface area (Å²) in [6.45, 7) is 4.09. The lowest BCUT2D eigenvalue weighted by Crippen LogP contribution is -2.15. The van der Waals surface area contributed by atoms with E-state index in [1.807, 2.05) is 6.92 Å². The number of alkyl halides is 3. The van der Waals surface area contributed by atoms with Crippen molar-refractivity contribution in [3.05, 3.63) is 0 Å². The molecule has 0 aromatic carbocycles. The van der Waals surface area contributed by atoms with Crippen LogP contribution in [-0.2, 0) is 0 Å². The van der Waals surface area contributed by atoms with Crippen LogP contribution < -0.4 is 0 Å². The second-order valence-electron chi connectivity index (χ2n) is 2.58. The first-order chi connectivity index (χ1) is 4.48. The first kappa shape index (κ1) is 10.9. The van der Waals surface area contributed by atoms with Crippen LogP contribution in [0, 0.1) is 5.92 Å². The van der Waals surface area contributed by atoms with E-state index in [0.717, 1.165) is 19.3 Å². The van der Waals surface area contributed by atoms with Gasteiger partial charge in [-0.05, 0) is 6.42 Å². The lowest BCUT2D eigenvalue weighted by atomic mass is 10.1.